The molecule has 0 unspecified atom stereocenters. The molecule has 1 aromatic heterocycles. The normalized spacial score (nSPS) is 10.2. The number of ether oxygens (including phenoxy) is 4. The first-order chi connectivity index (χ1) is 12.0. The Kier molecular flexibility index (Phi) is 5.72. The molecule has 0 atom stereocenters. The molecule has 9 nitrogen and oxygen atoms in total. The van der Waals surface area contributed by atoms with E-state index in [0.29, 0.717) is 6.29 Å². The van der Waals surface area contributed by atoms with Crippen molar-refractivity contribution in [3.63, 3.8) is 0 Å². The van der Waals surface area contributed by atoms with Crippen LogP contribution in [0.2, 0.25) is 0 Å². The van der Waals surface area contributed by atoms with E-state index in [2.05, 4.69) is 9.47 Å². The zero-order valence-corrected chi connectivity index (χ0v) is 13.4. The monoisotopic (exact) mass is 350 g/mol. The van der Waals surface area contributed by atoms with Gasteiger partial charge in [-0.05, 0) is 6.07 Å². The summed E-state index contributed by atoms with van der Waals surface area (Å²) in [7, 11) is 2.38. The van der Waals surface area contributed by atoms with Gasteiger partial charge < -0.3 is 23.4 Å². The molecule has 2 aromatic rings. The molecular formula is C16H14O9. The molecule has 0 aliphatic heterocycles. The summed E-state index contributed by atoms with van der Waals surface area (Å²) in [6.07, 6.45) is 0.484. The lowest BCUT2D eigenvalue weighted by atomic mass is 10.1. The highest BCUT2D eigenvalue weighted by molar-refractivity contribution is 5.96. The second kappa shape index (κ2) is 7.95. The average Bonchev–Trinajstić information content (AvgIpc) is 2.62. The van der Waals surface area contributed by atoms with Gasteiger partial charge in [0.05, 0.1) is 14.2 Å². The van der Waals surface area contributed by atoms with Crippen LogP contribution < -0.4 is 15.1 Å². The van der Waals surface area contributed by atoms with Crippen molar-refractivity contribution < 1.29 is 37.7 Å². The number of esters is 2. The fourth-order valence-corrected chi connectivity index (χ4v) is 1.91. The number of fused-ring (bicyclic) bond motifs is 1. The van der Waals surface area contributed by atoms with Crippen molar-refractivity contribution in [1.29, 1.82) is 0 Å². The summed E-state index contributed by atoms with van der Waals surface area (Å²) in [5, 5.41) is 0.278. The van der Waals surface area contributed by atoms with Crippen LogP contribution in [-0.2, 0) is 19.1 Å². The zero-order chi connectivity index (χ0) is 18.4. The summed E-state index contributed by atoms with van der Waals surface area (Å²) >= 11 is 0. The molecule has 1 aromatic carbocycles. The molecule has 0 amide bonds. The van der Waals surface area contributed by atoms with E-state index < -0.39 is 30.8 Å². The summed E-state index contributed by atoms with van der Waals surface area (Å²) in [4.78, 5) is 45.1. The van der Waals surface area contributed by atoms with Crippen LogP contribution >= 0.6 is 0 Å². The van der Waals surface area contributed by atoms with E-state index in [0.717, 1.165) is 6.07 Å². The molecule has 0 saturated heterocycles. The van der Waals surface area contributed by atoms with Crippen molar-refractivity contribution in [1.82, 2.24) is 0 Å². The lowest BCUT2D eigenvalue weighted by Gasteiger charge is -2.13. The highest BCUT2D eigenvalue weighted by atomic mass is 16.6. The van der Waals surface area contributed by atoms with Crippen LogP contribution in [0.5, 0.6) is 11.5 Å². The molecule has 0 fully saturated rings. The molecule has 0 N–H and O–H groups in total. The van der Waals surface area contributed by atoms with Crippen molar-refractivity contribution >= 4 is 29.2 Å². The Morgan fingerprint density at radius 2 is 1.56 bits per heavy atom. The summed E-state index contributed by atoms with van der Waals surface area (Å²) in [5.41, 5.74) is -0.592. The number of aldehydes is 1. The average molecular weight is 350 g/mol. The molecule has 25 heavy (non-hydrogen) atoms. The van der Waals surface area contributed by atoms with Gasteiger partial charge in [-0.25, -0.2) is 14.4 Å². The van der Waals surface area contributed by atoms with Crippen molar-refractivity contribution in [2.75, 3.05) is 27.4 Å². The Hall–Kier alpha value is -3.36. The first kappa shape index (κ1) is 18.0. The molecule has 0 radical (unpaired) electrons. The highest BCUT2D eigenvalue weighted by Gasteiger charge is 2.15. The SMILES string of the molecule is COC(=O)COc1cc2oc(=O)cc(C=O)c2cc1OCC(=O)OC. The van der Waals surface area contributed by atoms with E-state index in [1.807, 2.05) is 0 Å². The van der Waals surface area contributed by atoms with Gasteiger partial charge >= 0.3 is 17.6 Å². The second-order valence-corrected chi connectivity index (χ2v) is 4.66. The van der Waals surface area contributed by atoms with Crippen molar-refractivity contribution in [3.05, 3.63) is 34.2 Å². The highest BCUT2D eigenvalue weighted by Crippen LogP contribution is 2.33. The Morgan fingerprint density at radius 3 is 2.08 bits per heavy atom. The molecule has 0 spiro atoms. The molecule has 0 aliphatic rings. The molecule has 0 aliphatic carbocycles. The maximum atomic E-state index is 11.5. The molecule has 0 saturated carbocycles. The predicted octanol–water partition coefficient (Wildman–Crippen LogP) is 0.709. The first-order valence-corrected chi connectivity index (χ1v) is 6.94. The summed E-state index contributed by atoms with van der Waals surface area (Å²) in [5.74, 6) is -1.22. The third-order valence-electron chi connectivity index (χ3n) is 3.11. The third-order valence-corrected chi connectivity index (χ3v) is 3.11. The quantitative estimate of drug-likeness (QED) is 0.404. The van der Waals surface area contributed by atoms with Crippen LogP contribution in [0, 0.1) is 0 Å². The summed E-state index contributed by atoms with van der Waals surface area (Å²) in [6, 6.07) is 3.66. The summed E-state index contributed by atoms with van der Waals surface area (Å²) in [6.45, 7) is -0.863. The minimum Gasteiger partial charge on any atom is -0.478 e. The maximum Gasteiger partial charge on any atom is 0.343 e. The Balaban J connectivity index is 2.49. The number of rotatable bonds is 7. The third kappa shape index (κ3) is 4.34. The Labute approximate surface area is 141 Å². The molecule has 0 bridgehead atoms. The van der Waals surface area contributed by atoms with Gasteiger partial charge in [0.1, 0.15) is 5.58 Å². The van der Waals surface area contributed by atoms with E-state index in [1.54, 1.807) is 0 Å². The topological polar surface area (TPSA) is 118 Å². The number of methoxy groups -OCH3 is 2. The van der Waals surface area contributed by atoms with Gasteiger partial charge in [-0.1, -0.05) is 0 Å². The van der Waals surface area contributed by atoms with Gasteiger partial charge in [-0.3, -0.25) is 4.79 Å². The molecule has 132 valence electrons. The maximum absolute atomic E-state index is 11.5. The van der Waals surface area contributed by atoms with Crippen LogP contribution in [-0.4, -0.2) is 45.7 Å². The lowest BCUT2D eigenvalue weighted by molar-refractivity contribution is -0.144. The van der Waals surface area contributed by atoms with Crippen molar-refractivity contribution in [2.24, 2.45) is 0 Å². The minimum absolute atomic E-state index is 0.0213. The second-order valence-electron chi connectivity index (χ2n) is 4.66. The van der Waals surface area contributed by atoms with Gasteiger partial charge in [0.15, 0.2) is 31.0 Å². The predicted molar refractivity (Wildman–Crippen MR) is 82.9 cm³/mol. The van der Waals surface area contributed by atoms with Crippen molar-refractivity contribution in [3.8, 4) is 11.5 Å². The molecule has 1 heterocycles. The van der Waals surface area contributed by atoms with E-state index in [-0.39, 0.29) is 28.0 Å². The van der Waals surface area contributed by atoms with Crippen LogP contribution in [0.25, 0.3) is 11.0 Å². The van der Waals surface area contributed by atoms with Crippen LogP contribution in [0.3, 0.4) is 0 Å². The Bertz CT molecular complexity index is 866. The number of carbonyl (C=O) groups is 3. The largest absolute Gasteiger partial charge is 0.478 e. The van der Waals surface area contributed by atoms with E-state index in [1.165, 1.54) is 26.4 Å². The summed E-state index contributed by atoms with van der Waals surface area (Å²) < 4.78 is 24.6. The van der Waals surface area contributed by atoms with E-state index in [9.17, 15) is 19.2 Å². The molecule has 9 heteroatoms. The number of carbonyl (C=O) groups excluding carboxylic acids is 3. The number of hydrogen-bond donors (Lipinski definition) is 0. The van der Waals surface area contributed by atoms with Gasteiger partial charge in [0, 0.05) is 23.1 Å². The van der Waals surface area contributed by atoms with E-state index >= 15 is 0 Å². The van der Waals surface area contributed by atoms with Crippen LogP contribution in [0.15, 0.2) is 27.4 Å². The van der Waals surface area contributed by atoms with Gasteiger partial charge in [0.25, 0.3) is 0 Å². The van der Waals surface area contributed by atoms with Gasteiger partial charge in [0.2, 0.25) is 0 Å². The molecule has 2 rings (SSSR count). The molecular weight excluding hydrogens is 336 g/mol. The van der Waals surface area contributed by atoms with E-state index in [4.69, 9.17) is 13.9 Å². The minimum atomic E-state index is -0.725. The number of benzene rings is 1. The Morgan fingerprint density at radius 1 is 1.00 bits per heavy atom. The standard InChI is InChI=1S/C16H14O9/c1-21-15(19)7-23-12-4-10-9(6-17)3-14(18)25-11(10)5-13(12)24-8-16(20)22-2/h3-6H,7-8H2,1-2H3. The lowest BCUT2D eigenvalue weighted by Crippen LogP contribution is -2.15. The fraction of sp³-hybridized carbons (Fsp3) is 0.250. The van der Waals surface area contributed by atoms with Crippen LogP contribution in [0.4, 0.5) is 0 Å². The fourth-order valence-electron chi connectivity index (χ4n) is 1.91. The van der Waals surface area contributed by atoms with Gasteiger partial charge in [-0.15, -0.1) is 0 Å². The number of hydrogen-bond acceptors (Lipinski definition) is 9. The van der Waals surface area contributed by atoms with Crippen LogP contribution in [0.1, 0.15) is 10.4 Å². The van der Waals surface area contributed by atoms with Gasteiger partial charge in [-0.2, -0.15) is 0 Å². The smallest absolute Gasteiger partial charge is 0.343 e. The first-order valence-electron chi connectivity index (χ1n) is 6.94. The van der Waals surface area contributed by atoms with Crippen molar-refractivity contribution in [2.45, 2.75) is 0 Å². The zero-order valence-electron chi connectivity index (χ0n) is 13.4.